The summed E-state index contributed by atoms with van der Waals surface area (Å²) in [5.74, 6) is 0.760. The molecule has 4 rings (SSSR count). The molecule has 26 heavy (non-hydrogen) atoms. The van der Waals surface area contributed by atoms with Crippen LogP contribution >= 0.6 is 0 Å². The molecule has 0 amide bonds. The summed E-state index contributed by atoms with van der Waals surface area (Å²) >= 11 is 0. The number of hydrogen-bond acceptors (Lipinski definition) is 5. The summed E-state index contributed by atoms with van der Waals surface area (Å²) in [5.41, 5.74) is 1.18. The zero-order chi connectivity index (χ0) is 18.1. The second-order valence-corrected chi connectivity index (χ2v) is 5.75. The van der Waals surface area contributed by atoms with Crippen LogP contribution < -0.4 is 9.47 Å². The number of nitriles is 1. The van der Waals surface area contributed by atoms with Crippen LogP contribution in [0.4, 0.5) is 5.69 Å². The van der Waals surface area contributed by atoms with Gasteiger partial charge < -0.3 is 9.47 Å². The molecule has 6 heteroatoms. The average molecular weight is 344 g/mol. The molecule has 3 aromatic rings. The van der Waals surface area contributed by atoms with Gasteiger partial charge in [-0.15, -0.1) is 0 Å². The van der Waals surface area contributed by atoms with Gasteiger partial charge in [-0.3, -0.25) is 10.1 Å². The zero-order valence-corrected chi connectivity index (χ0v) is 13.5. The number of hydrogen-bond donors (Lipinski definition) is 0. The number of benzene rings is 3. The van der Waals surface area contributed by atoms with E-state index in [2.05, 4.69) is 6.07 Å². The lowest BCUT2D eigenvalue weighted by Crippen LogP contribution is -1.93. The molecule has 1 aliphatic heterocycles. The molecule has 0 aliphatic carbocycles. The molecular weight excluding hydrogens is 332 g/mol. The molecule has 126 valence electrons. The molecule has 0 saturated carbocycles. The van der Waals surface area contributed by atoms with Crippen LogP contribution in [-0.2, 0) is 0 Å². The van der Waals surface area contributed by atoms with E-state index in [9.17, 15) is 15.4 Å². The fourth-order valence-electron chi connectivity index (χ4n) is 2.91. The number of nitrogens with zero attached hydrogens (tertiary/aromatic N) is 2. The van der Waals surface area contributed by atoms with Gasteiger partial charge >= 0.3 is 0 Å². The van der Waals surface area contributed by atoms with Crippen molar-refractivity contribution in [3.63, 3.8) is 0 Å². The van der Waals surface area contributed by atoms with Crippen LogP contribution in [0, 0.1) is 21.4 Å². The number of nitro benzene ring substituents is 1. The van der Waals surface area contributed by atoms with E-state index in [-0.39, 0.29) is 12.5 Å². The molecule has 1 heterocycles. The Labute approximate surface area is 148 Å². The number of nitro groups is 1. The Bertz CT molecular complexity index is 1110. The van der Waals surface area contributed by atoms with E-state index in [1.54, 1.807) is 0 Å². The van der Waals surface area contributed by atoms with E-state index in [1.807, 2.05) is 42.5 Å². The number of ether oxygens (including phenoxy) is 2. The largest absolute Gasteiger partial charge is 0.454 e. The van der Waals surface area contributed by atoms with Gasteiger partial charge in [0.05, 0.1) is 28.2 Å². The van der Waals surface area contributed by atoms with Crippen LogP contribution in [0.2, 0.25) is 0 Å². The molecule has 0 atom stereocenters. The van der Waals surface area contributed by atoms with Gasteiger partial charge in [-0.05, 0) is 34.5 Å². The third-order valence-electron chi connectivity index (χ3n) is 4.20. The van der Waals surface area contributed by atoms with Gasteiger partial charge in [0.1, 0.15) is 0 Å². The molecule has 6 nitrogen and oxygen atoms in total. The molecule has 1 aliphatic rings. The summed E-state index contributed by atoms with van der Waals surface area (Å²) in [5, 5.41) is 23.0. The summed E-state index contributed by atoms with van der Waals surface area (Å²) in [6, 6.07) is 18.4. The van der Waals surface area contributed by atoms with Crippen LogP contribution in [0.3, 0.4) is 0 Å². The monoisotopic (exact) mass is 344 g/mol. The highest BCUT2D eigenvalue weighted by Gasteiger charge is 2.22. The van der Waals surface area contributed by atoms with Gasteiger partial charge in [-0.25, -0.2) is 0 Å². The standard InChI is InChI=1S/C20H12N2O4/c21-11-17(15-6-5-13-3-1-2-4-14(13)7-15)8-16-9-19-20(26-12-25-19)10-18(16)22(23)24/h1-10H,12H2. The van der Waals surface area contributed by atoms with Crippen molar-refractivity contribution in [2.45, 2.75) is 0 Å². The molecule has 0 bridgehead atoms. The molecule has 0 unspecified atom stereocenters. The van der Waals surface area contributed by atoms with Crippen molar-refractivity contribution in [3.8, 4) is 17.6 Å². The van der Waals surface area contributed by atoms with Crippen molar-refractivity contribution in [2.24, 2.45) is 0 Å². The highest BCUT2D eigenvalue weighted by atomic mass is 16.7. The van der Waals surface area contributed by atoms with Crippen LogP contribution in [0.15, 0.2) is 54.6 Å². The molecule has 0 aromatic heterocycles. The summed E-state index contributed by atoms with van der Waals surface area (Å²) in [4.78, 5) is 10.9. The Balaban J connectivity index is 1.85. The van der Waals surface area contributed by atoms with Crippen molar-refractivity contribution in [2.75, 3.05) is 6.79 Å². The van der Waals surface area contributed by atoms with E-state index in [0.717, 1.165) is 10.8 Å². The highest BCUT2D eigenvalue weighted by molar-refractivity contribution is 5.95. The quantitative estimate of drug-likeness (QED) is 0.301. The molecule has 0 radical (unpaired) electrons. The van der Waals surface area contributed by atoms with Gasteiger partial charge in [-0.2, -0.15) is 5.26 Å². The Hall–Kier alpha value is -3.85. The Morgan fingerprint density at radius 2 is 1.81 bits per heavy atom. The van der Waals surface area contributed by atoms with Crippen molar-refractivity contribution in [1.29, 1.82) is 5.26 Å². The molecule has 0 spiro atoms. The lowest BCUT2D eigenvalue weighted by atomic mass is 9.99. The maximum atomic E-state index is 11.4. The fourth-order valence-corrected chi connectivity index (χ4v) is 2.91. The van der Waals surface area contributed by atoms with Crippen LogP contribution in [-0.4, -0.2) is 11.7 Å². The topological polar surface area (TPSA) is 85.4 Å². The van der Waals surface area contributed by atoms with Crippen molar-refractivity contribution < 1.29 is 14.4 Å². The minimum absolute atomic E-state index is 0.0233. The first kappa shape index (κ1) is 15.7. The van der Waals surface area contributed by atoms with E-state index in [1.165, 1.54) is 18.2 Å². The van der Waals surface area contributed by atoms with Crippen molar-refractivity contribution in [1.82, 2.24) is 0 Å². The van der Waals surface area contributed by atoms with Gasteiger partial charge in [0.15, 0.2) is 11.5 Å². The average Bonchev–Trinajstić information content (AvgIpc) is 3.12. The summed E-state index contributed by atoms with van der Waals surface area (Å²) in [6.45, 7) is 0.0233. The minimum atomic E-state index is -0.497. The van der Waals surface area contributed by atoms with Crippen LogP contribution in [0.1, 0.15) is 11.1 Å². The molecule has 0 saturated heterocycles. The fraction of sp³-hybridized carbons (Fsp3) is 0.0500. The molecule has 3 aromatic carbocycles. The molecular formula is C20H12N2O4. The van der Waals surface area contributed by atoms with Crippen molar-refractivity contribution in [3.05, 3.63) is 75.8 Å². The first-order valence-electron chi connectivity index (χ1n) is 7.85. The summed E-state index contributed by atoms with van der Waals surface area (Å²) in [6.07, 6.45) is 1.50. The normalized spacial score (nSPS) is 12.8. The molecule has 0 fully saturated rings. The smallest absolute Gasteiger partial charge is 0.280 e. The minimum Gasteiger partial charge on any atom is -0.454 e. The third-order valence-corrected chi connectivity index (χ3v) is 4.20. The Morgan fingerprint density at radius 1 is 1.08 bits per heavy atom. The Kier molecular flexibility index (Phi) is 3.75. The number of allylic oxidation sites excluding steroid dienone is 1. The highest BCUT2D eigenvalue weighted by Crippen LogP contribution is 2.39. The first-order valence-corrected chi connectivity index (χ1v) is 7.85. The lowest BCUT2D eigenvalue weighted by Gasteiger charge is -2.05. The third kappa shape index (κ3) is 2.72. The lowest BCUT2D eigenvalue weighted by molar-refractivity contribution is -0.385. The zero-order valence-electron chi connectivity index (χ0n) is 13.5. The van der Waals surface area contributed by atoms with Gasteiger partial charge in [0.25, 0.3) is 5.69 Å². The maximum absolute atomic E-state index is 11.4. The van der Waals surface area contributed by atoms with Crippen LogP contribution in [0.5, 0.6) is 11.5 Å². The second-order valence-electron chi connectivity index (χ2n) is 5.75. The number of fused-ring (bicyclic) bond motifs is 2. The SMILES string of the molecule is N#CC(=Cc1cc2c(cc1[N+](=O)[O-])OCO2)c1ccc2ccccc2c1. The van der Waals surface area contributed by atoms with E-state index in [4.69, 9.17) is 9.47 Å². The van der Waals surface area contributed by atoms with Crippen LogP contribution in [0.25, 0.3) is 22.4 Å². The predicted octanol–water partition coefficient (Wildman–Crippen LogP) is 4.54. The van der Waals surface area contributed by atoms with E-state index >= 15 is 0 Å². The van der Waals surface area contributed by atoms with Gasteiger partial charge in [0, 0.05) is 0 Å². The maximum Gasteiger partial charge on any atom is 0.280 e. The number of rotatable bonds is 3. The van der Waals surface area contributed by atoms with E-state index in [0.29, 0.717) is 28.2 Å². The summed E-state index contributed by atoms with van der Waals surface area (Å²) < 4.78 is 10.5. The predicted molar refractivity (Wildman–Crippen MR) is 96.7 cm³/mol. The Morgan fingerprint density at radius 3 is 2.54 bits per heavy atom. The van der Waals surface area contributed by atoms with Crippen molar-refractivity contribution >= 4 is 28.1 Å². The van der Waals surface area contributed by atoms with Gasteiger partial charge in [0.2, 0.25) is 6.79 Å². The van der Waals surface area contributed by atoms with E-state index < -0.39 is 4.92 Å². The summed E-state index contributed by atoms with van der Waals surface area (Å²) in [7, 11) is 0. The molecule has 0 N–H and O–H groups in total. The first-order chi connectivity index (χ1) is 12.7. The van der Waals surface area contributed by atoms with Gasteiger partial charge in [-0.1, -0.05) is 36.4 Å². The second kappa shape index (κ2) is 6.22.